The maximum atomic E-state index is 11.4. The molecule has 0 aromatic heterocycles. The molecule has 0 unspecified atom stereocenters. The molecule has 0 amide bonds. The molecule has 2 atom stereocenters. The molecule has 1 fully saturated rings. The summed E-state index contributed by atoms with van der Waals surface area (Å²) in [7, 11) is 1.59. The second-order valence-corrected chi connectivity index (χ2v) is 4.61. The molecule has 0 bridgehead atoms. The van der Waals surface area contributed by atoms with Gasteiger partial charge in [0.05, 0.1) is 13.0 Å². The van der Waals surface area contributed by atoms with Crippen LogP contribution in [0.2, 0.25) is 0 Å². The fourth-order valence-electron chi connectivity index (χ4n) is 2.52. The van der Waals surface area contributed by atoms with E-state index in [1.807, 2.05) is 24.3 Å². The number of hydrogen-bond donors (Lipinski definition) is 1. The number of ketones is 1. The molecule has 1 saturated carbocycles. The minimum Gasteiger partial charge on any atom is -0.497 e. The van der Waals surface area contributed by atoms with Gasteiger partial charge >= 0.3 is 5.97 Å². The minimum atomic E-state index is -0.885. The molecule has 1 aromatic carbocycles. The van der Waals surface area contributed by atoms with Gasteiger partial charge in [0.1, 0.15) is 11.5 Å². The predicted octanol–water partition coefficient (Wildman–Crippen LogP) is 2.23. The lowest BCUT2D eigenvalue weighted by atomic mass is 9.75. The Morgan fingerprint density at radius 1 is 1.33 bits per heavy atom. The number of carboxylic acid groups (broad SMARTS) is 1. The monoisotopic (exact) mass is 248 g/mol. The SMILES string of the molecule is COc1ccc([C@H]2CCC(=O)C[C@H]2C(=O)O)cc1. The van der Waals surface area contributed by atoms with Gasteiger partial charge in [-0.3, -0.25) is 9.59 Å². The maximum Gasteiger partial charge on any atom is 0.307 e. The van der Waals surface area contributed by atoms with E-state index in [1.54, 1.807) is 7.11 Å². The minimum absolute atomic E-state index is 0.0483. The van der Waals surface area contributed by atoms with E-state index in [0.29, 0.717) is 12.8 Å². The zero-order valence-corrected chi connectivity index (χ0v) is 10.3. The second kappa shape index (κ2) is 5.21. The van der Waals surface area contributed by atoms with E-state index in [0.717, 1.165) is 11.3 Å². The normalized spacial score (nSPS) is 23.7. The molecule has 2 rings (SSSR count). The largest absolute Gasteiger partial charge is 0.497 e. The van der Waals surface area contributed by atoms with Crippen LogP contribution in [0.15, 0.2) is 24.3 Å². The first kappa shape index (κ1) is 12.6. The van der Waals surface area contributed by atoms with Crippen molar-refractivity contribution >= 4 is 11.8 Å². The highest BCUT2D eigenvalue weighted by Crippen LogP contribution is 2.37. The summed E-state index contributed by atoms with van der Waals surface area (Å²) in [6.07, 6.45) is 1.23. The summed E-state index contributed by atoms with van der Waals surface area (Å²) in [6.45, 7) is 0. The molecule has 0 spiro atoms. The van der Waals surface area contributed by atoms with Crippen LogP contribution in [0.1, 0.15) is 30.7 Å². The number of benzene rings is 1. The average Bonchev–Trinajstić information content (AvgIpc) is 2.39. The lowest BCUT2D eigenvalue weighted by molar-refractivity contribution is -0.146. The number of hydrogen-bond acceptors (Lipinski definition) is 3. The smallest absolute Gasteiger partial charge is 0.307 e. The first-order valence-corrected chi connectivity index (χ1v) is 6.00. The van der Waals surface area contributed by atoms with Gasteiger partial charge in [-0.15, -0.1) is 0 Å². The van der Waals surface area contributed by atoms with Crippen molar-refractivity contribution in [3.63, 3.8) is 0 Å². The van der Waals surface area contributed by atoms with Gasteiger partial charge in [-0.25, -0.2) is 0 Å². The van der Waals surface area contributed by atoms with Gasteiger partial charge in [0.2, 0.25) is 0 Å². The summed E-state index contributed by atoms with van der Waals surface area (Å²) >= 11 is 0. The van der Waals surface area contributed by atoms with Gasteiger partial charge < -0.3 is 9.84 Å². The van der Waals surface area contributed by atoms with Crippen molar-refractivity contribution in [2.45, 2.75) is 25.2 Å². The molecular weight excluding hydrogens is 232 g/mol. The highest BCUT2D eigenvalue weighted by atomic mass is 16.5. The highest BCUT2D eigenvalue weighted by molar-refractivity contribution is 5.86. The number of Topliss-reactive ketones (excluding diaryl/α,β-unsaturated/α-hetero) is 1. The molecule has 0 radical (unpaired) electrons. The van der Waals surface area contributed by atoms with E-state index in [2.05, 4.69) is 0 Å². The van der Waals surface area contributed by atoms with E-state index < -0.39 is 11.9 Å². The Kier molecular flexibility index (Phi) is 3.65. The topological polar surface area (TPSA) is 63.6 Å². The average molecular weight is 248 g/mol. The third-order valence-corrected chi connectivity index (χ3v) is 3.53. The summed E-state index contributed by atoms with van der Waals surface area (Å²) in [5.74, 6) is -0.765. The molecule has 1 aromatic rings. The lowest BCUT2D eigenvalue weighted by Gasteiger charge is -2.28. The quantitative estimate of drug-likeness (QED) is 0.891. The number of carbonyl (C=O) groups excluding carboxylic acids is 1. The van der Waals surface area contributed by atoms with Crippen molar-refractivity contribution in [2.75, 3.05) is 7.11 Å². The number of methoxy groups -OCH3 is 1. The van der Waals surface area contributed by atoms with Crippen LogP contribution < -0.4 is 4.74 Å². The Balaban J connectivity index is 2.23. The number of rotatable bonds is 3. The van der Waals surface area contributed by atoms with E-state index in [9.17, 15) is 14.7 Å². The summed E-state index contributed by atoms with van der Waals surface area (Å²) in [4.78, 5) is 22.6. The molecule has 0 aliphatic heterocycles. The molecule has 1 aliphatic carbocycles. The fraction of sp³-hybridized carbons (Fsp3) is 0.429. The van der Waals surface area contributed by atoms with Crippen LogP contribution in [0.4, 0.5) is 0 Å². The van der Waals surface area contributed by atoms with Crippen LogP contribution in [0.5, 0.6) is 5.75 Å². The van der Waals surface area contributed by atoms with Crippen molar-refractivity contribution in [1.29, 1.82) is 0 Å². The molecule has 18 heavy (non-hydrogen) atoms. The molecule has 0 saturated heterocycles. The van der Waals surface area contributed by atoms with Crippen molar-refractivity contribution in [1.82, 2.24) is 0 Å². The van der Waals surface area contributed by atoms with Crippen LogP contribution >= 0.6 is 0 Å². The standard InChI is InChI=1S/C14H16O4/c1-18-11-5-2-9(3-6-11)12-7-4-10(15)8-13(12)14(16)17/h2-3,5-6,12-13H,4,7-8H2,1H3,(H,16,17)/t12-,13-/m1/s1. The molecule has 1 aliphatic rings. The van der Waals surface area contributed by atoms with E-state index in [-0.39, 0.29) is 18.1 Å². The fourth-order valence-corrected chi connectivity index (χ4v) is 2.52. The third kappa shape index (κ3) is 2.53. The number of carbonyl (C=O) groups is 2. The second-order valence-electron chi connectivity index (χ2n) is 4.61. The molecule has 4 heteroatoms. The molecule has 96 valence electrons. The van der Waals surface area contributed by atoms with E-state index in [4.69, 9.17) is 4.74 Å². The van der Waals surface area contributed by atoms with Gasteiger partial charge in [-0.1, -0.05) is 12.1 Å². The predicted molar refractivity (Wildman–Crippen MR) is 65.7 cm³/mol. The summed E-state index contributed by atoms with van der Waals surface area (Å²) in [5, 5.41) is 9.21. The Morgan fingerprint density at radius 3 is 2.56 bits per heavy atom. The highest BCUT2D eigenvalue weighted by Gasteiger charge is 2.35. The number of carboxylic acids is 1. The molecular formula is C14H16O4. The zero-order valence-electron chi connectivity index (χ0n) is 10.3. The van der Waals surface area contributed by atoms with Gasteiger partial charge in [0.15, 0.2) is 0 Å². The van der Waals surface area contributed by atoms with Gasteiger partial charge in [0.25, 0.3) is 0 Å². The van der Waals surface area contributed by atoms with Gasteiger partial charge in [-0.05, 0) is 30.0 Å². The summed E-state index contributed by atoms with van der Waals surface area (Å²) in [6, 6.07) is 7.42. The Labute approximate surface area is 106 Å². The number of ether oxygens (including phenoxy) is 1. The third-order valence-electron chi connectivity index (χ3n) is 3.53. The lowest BCUT2D eigenvalue weighted by Crippen LogP contribution is -2.29. The summed E-state index contributed by atoms with van der Waals surface area (Å²) in [5.41, 5.74) is 0.968. The maximum absolute atomic E-state index is 11.4. The van der Waals surface area contributed by atoms with Crippen LogP contribution in [0, 0.1) is 5.92 Å². The van der Waals surface area contributed by atoms with Crippen LogP contribution in [-0.2, 0) is 9.59 Å². The zero-order chi connectivity index (χ0) is 13.1. The Hall–Kier alpha value is -1.84. The number of aliphatic carboxylic acids is 1. The van der Waals surface area contributed by atoms with Crippen LogP contribution in [0.25, 0.3) is 0 Å². The van der Waals surface area contributed by atoms with Crippen molar-refractivity contribution in [3.8, 4) is 5.75 Å². The first-order valence-electron chi connectivity index (χ1n) is 6.00. The van der Waals surface area contributed by atoms with Crippen molar-refractivity contribution in [3.05, 3.63) is 29.8 Å². The van der Waals surface area contributed by atoms with Gasteiger partial charge in [-0.2, -0.15) is 0 Å². The van der Waals surface area contributed by atoms with Gasteiger partial charge in [0, 0.05) is 12.8 Å². The molecule has 1 N–H and O–H groups in total. The Bertz CT molecular complexity index is 449. The van der Waals surface area contributed by atoms with Crippen molar-refractivity contribution < 1.29 is 19.4 Å². The molecule has 4 nitrogen and oxygen atoms in total. The van der Waals surface area contributed by atoms with Crippen molar-refractivity contribution in [2.24, 2.45) is 5.92 Å². The first-order chi connectivity index (χ1) is 8.61. The molecule has 0 heterocycles. The van der Waals surface area contributed by atoms with E-state index >= 15 is 0 Å². The Morgan fingerprint density at radius 2 is 2.00 bits per heavy atom. The van der Waals surface area contributed by atoms with E-state index in [1.165, 1.54) is 0 Å². The van der Waals surface area contributed by atoms with Crippen LogP contribution in [0.3, 0.4) is 0 Å². The van der Waals surface area contributed by atoms with Crippen LogP contribution in [-0.4, -0.2) is 24.0 Å². The summed E-state index contributed by atoms with van der Waals surface area (Å²) < 4.78 is 5.08.